The number of amides is 1. The Morgan fingerprint density at radius 1 is 0.759 bits per heavy atom. The summed E-state index contributed by atoms with van der Waals surface area (Å²) in [5, 5.41) is 9.51. The number of benzene rings is 3. The maximum atomic E-state index is 13.5. The molecule has 0 spiro atoms. The number of carbonyl (C=O) groups excluding carboxylic acids is 2. The third-order valence-corrected chi connectivity index (χ3v) is 4.85. The van der Waals surface area contributed by atoms with Gasteiger partial charge in [-0.25, -0.2) is 0 Å². The average molecular weight is 387 g/mol. The van der Waals surface area contributed by atoms with Crippen molar-refractivity contribution in [1.29, 1.82) is 0 Å². The van der Waals surface area contributed by atoms with Gasteiger partial charge in [-0.2, -0.15) is 0 Å². The number of hydrogen-bond donors (Lipinski definition) is 1. The van der Waals surface area contributed by atoms with Crippen LogP contribution in [0, 0.1) is 5.92 Å². The van der Waals surface area contributed by atoms with E-state index in [0.717, 1.165) is 11.1 Å². The summed E-state index contributed by atoms with van der Waals surface area (Å²) in [4.78, 5) is 28.2. The highest BCUT2D eigenvalue weighted by Crippen LogP contribution is 2.21. The van der Waals surface area contributed by atoms with Gasteiger partial charge in [0.25, 0.3) is 0 Å². The van der Waals surface area contributed by atoms with Gasteiger partial charge in [-0.05, 0) is 29.7 Å². The molecule has 0 heterocycles. The molecule has 0 aliphatic rings. The minimum absolute atomic E-state index is 0.121. The number of para-hydroxylation sites is 1. The highest BCUT2D eigenvalue weighted by Gasteiger charge is 2.31. The molecule has 0 saturated heterocycles. The molecule has 4 nitrogen and oxygen atoms in total. The Kier molecular flexibility index (Phi) is 7.31. The van der Waals surface area contributed by atoms with Crippen LogP contribution < -0.4 is 4.90 Å². The molecule has 3 aromatic rings. The quantitative estimate of drug-likeness (QED) is 0.570. The third-order valence-electron chi connectivity index (χ3n) is 4.85. The molecule has 1 unspecified atom stereocenters. The zero-order valence-electron chi connectivity index (χ0n) is 16.3. The summed E-state index contributed by atoms with van der Waals surface area (Å²) in [6.45, 7) is -0.0294. The van der Waals surface area contributed by atoms with E-state index in [2.05, 4.69) is 0 Å². The molecule has 1 atom stereocenters. The van der Waals surface area contributed by atoms with Gasteiger partial charge in [0.2, 0.25) is 5.91 Å². The fraction of sp³-hybridized carbons (Fsp3) is 0.200. The van der Waals surface area contributed by atoms with Crippen molar-refractivity contribution in [2.24, 2.45) is 5.92 Å². The summed E-state index contributed by atoms with van der Waals surface area (Å²) in [5.41, 5.74) is 2.50. The summed E-state index contributed by atoms with van der Waals surface area (Å²) in [6, 6.07) is 28.2. The van der Waals surface area contributed by atoms with Gasteiger partial charge in [-0.15, -0.1) is 0 Å². The number of ketones is 1. The van der Waals surface area contributed by atoms with Gasteiger partial charge in [0.15, 0.2) is 0 Å². The second kappa shape index (κ2) is 10.3. The molecule has 29 heavy (non-hydrogen) atoms. The largest absolute Gasteiger partial charge is 0.395 e. The van der Waals surface area contributed by atoms with E-state index in [1.807, 2.05) is 91.0 Å². The summed E-state index contributed by atoms with van der Waals surface area (Å²) in [6.07, 6.45) is 0.534. The SMILES string of the molecule is O=C(Cc1ccccc1)C(Cc1ccccc1)C(=O)N(CCO)c1ccccc1. The summed E-state index contributed by atoms with van der Waals surface area (Å²) in [5.74, 6) is -1.22. The van der Waals surface area contributed by atoms with Crippen molar-refractivity contribution < 1.29 is 14.7 Å². The van der Waals surface area contributed by atoms with Crippen LogP contribution in [0.4, 0.5) is 5.69 Å². The maximum absolute atomic E-state index is 13.5. The average Bonchev–Trinajstić information content (AvgIpc) is 2.77. The van der Waals surface area contributed by atoms with E-state index in [0.29, 0.717) is 12.1 Å². The normalized spacial score (nSPS) is 11.6. The molecule has 3 aromatic carbocycles. The monoisotopic (exact) mass is 387 g/mol. The van der Waals surface area contributed by atoms with Crippen LogP contribution in [0.3, 0.4) is 0 Å². The number of carbonyl (C=O) groups is 2. The van der Waals surface area contributed by atoms with Gasteiger partial charge in [-0.1, -0.05) is 78.9 Å². The minimum atomic E-state index is -0.815. The Labute approximate surface area is 171 Å². The molecule has 4 heteroatoms. The topological polar surface area (TPSA) is 57.6 Å². The van der Waals surface area contributed by atoms with Crippen LogP contribution in [0.5, 0.6) is 0 Å². The minimum Gasteiger partial charge on any atom is -0.395 e. The van der Waals surface area contributed by atoms with Crippen LogP contribution in [0.1, 0.15) is 11.1 Å². The molecule has 0 aliphatic carbocycles. The van der Waals surface area contributed by atoms with Gasteiger partial charge < -0.3 is 10.0 Å². The van der Waals surface area contributed by atoms with Crippen LogP contribution in [0.15, 0.2) is 91.0 Å². The van der Waals surface area contributed by atoms with Crippen molar-refractivity contribution >= 4 is 17.4 Å². The second-order valence-corrected chi connectivity index (χ2v) is 6.92. The van der Waals surface area contributed by atoms with Crippen LogP contribution in [-0.2, 0) is 22.4 Å². The first-order valence-electron chi connectivity index (χ1n) is 9.77. The highest BCUT2D eigenvalue weighted by molar-refractivity contribution is 6.09. The van der Waals surface area contributed by atoms with Crippen LogP contribution >= 0.6 is 0 Å². The molecule has 0 radical (unpaired) electrons. The van der Waals surface area contributed by atoms with Crippen molar-refractivity contribution in [1.82, 2.24) is 0 Å². The molecule has 1 amide bonds. The Hall–Kier alpha value is -3.24. The standard InChI is InChI=1S/C25H25NO3/c27-17-16-26(22-14-8-3-9-15-22)25(29)23(18-20-10-4-1-5-11-20)24(28)19-21-12-6-2-7-13-21/h1-15,23,27H,16-19H2. The second-order valence-electron chi connectivity index (χ2n) is 6.92. The molecule has 0 aromatic heterocycles. The predicted molar refractivity (Wildman–Crippen MR) is 115 cm³/mol. The number of Topliss-reactive ketones (excluding diaryl/α,β-unsaturated/α-hetero) is 1. The molecule has 1 N–H and O–H groups in total. The first kappa shape index (κ1) is 20.5. The highest BCUT2D eigenvalue weighted by atomic mass is 16.3. The number of aliphatic hydroxyl groups excluding tert-OH is 1. The lowest BCUT2D eigenvalue weighted by Crippen LogP contribution is -2.42. The molecular formula is C25H25NO3. The number of anilines is 1. The van der Waals surface area contributed by atoms with E-state index in [1.165, 1.54) is 4.90 Å². The fourth-order valence-electron chi connectivity index (χ4n) is 3.37. The Bertz CT molecular complexity index is 911. The van der Waals surface area contributed by atoms with Crippen molar-refractivity contribution in [2.45, 2.75) is 12.8 Å². The summed E-state index contributed by atoms with van der Waals surface area (Å²) >= 11 is 0. The van der Waals surface area contributed by atoms with E-state index >= 15 is 0 Å². The van der Waals surface area contributed by atoms with Crippen molar-refractivity contribution in [3.8, 4) is 0 Å². The molecule has 0 bridgehead atoms. The van der Waals surface area contributed by atoms with Gasteiger partial charge in [0.05, 0.1) is 6.61 Å². The lowest BCUT2D eigenvalue weighted by Gasteiger charge is -2.26. The first-order valence-corrected chi connectivity index (χ1v) is 9.77. The third kappa shape index (κ3) is 5.62. The van der Waals surface area contributed by atoms with E-state index in [4.69, 9.17) is 0 Å². The van der Waals surface area contributed by atoms with Crippen LogP contribution in [0.2, 0.25) is 0 Å². The lowest BCUT2D eigenvalue weighted by atomic mass is 9.90. The molecule has 3 rings (SSSR count). The molecule has 148 valence electrons. The van der Waals surface area contributed by atoms with Crippen LogP contribution in [0.25, 0.3) is 0 Å². The maximum Gasteiger partial charge on any atom is 0.237 e. The summed E-state index contributed by atoms with van der Waals surface area (Å²) < 4.78 is 0. The number of aliphatic hydroxyl groups is 1. The lowest BCUT2D eigenvalue weighted by molar-refractivity contribution is -0.132. The smallest absolute Gasteiger partial charge is 0.237 e. The van der Waals surface area contributed by atoms with E-state index in [1.54, 1.807) is 0 Å². The number of nitrogens with zero attached hydrogens (tertiary/aromatic N) is 1. The number of rotatable bonds is 9. The Morgan fingerprint density at radius 2 is 1.28 bits per heavy atom. The van der Waals surface area contributed by atoms with E-state index in [-0.39, 0.29) is 31.3 Å². The fourth-order valence-corrected chi connectivity index (χ4v) is 3.37. The first-order chi connectivity index (χ1) is 14.2. The summed E-state index contributed by atoms with van der Waals surface area (Å²) in [7, 11) is 0. The molecular weight excluding hydrogens is 362 g/mol. The number of hydrogen-bond acceptors (Lipinski definition) is 3. The van der Waals surface area contributed by atoms with E-state index < -0.39 is 5.92 Å². The van der Waals surface area contributed by atoms with Gasteiger partial charge in [-0.3, -0.25) is 9.59 Å². The Balaban J connectivity index is 1.89. The van der Waals surface area contributed by atoms with Gasteiger partial charge >= 0.3 is 0 Å². The zero-order chi connectivity index (χ0) is 20.5. The predicted octanol–water partition coefficient (Wildman–Crippen LogP) is 3.68. The Morgan fingerprint density at radius 3 is 1.83 bits per heavy atom. The molecule has 0 fully saturated rings. The van der Waals surface area contributed by atoms with Gasteiger partial charge in [0.1, 0.15) is 11.7 Å². The molecule has 0 saturated carbocycles. The van der Waals surface area contributed by atoms with Crippen LogP contribution in [-0.4, -0.2) is 29.9 Å². The van der Waals surface area contributed by atoms with E-state index in [9.17, 15) is 14.7 Å². The van der Waals surface area contributed by atoms with Crippen molar-refractivity contribution in [2.75, 3.05) is 18.1 Å². The van der Waals surface area contributed by atoms with Crippen molar-refractivity contribution in [3.05, 3.63) is 102 Å². The molecule has 0 aliphatic heterocycles. The zero-order valence-corrected chi connectivity index (χ0v) is 16.3. The van der Waals surface area contributed by atoms with Gasteiger partial charge in [0, 0.05) is 18.7 Å². The van der Waals surface area contributed by atoms with Crippen molar-refractivity contribution in [3.63, 3.8) is 0 Å².